The molecule has 0 saturated carbocycles. The Hall–Kier alpha value is -2.31. The summed E-state index contributed by atoms with van der Waals surface area (Å²) < 4.78 is 10.4. The molecule has 0 unspecified atom stereocenters. The van der Waals surface area contributed by atoms with E-state index in [1.165, 1.54) is 5.56 Å². The normalized spacial score (nSPS) is 10.5. The molecule has 0 radical (unpaired) electrons. The summed E-state index contributed by atoms with van der Waals surface area (Å²) in [5.41, 5.74) is 5.49. The van der Waals surface area contributed by atoms with Gasteiger partial charge in [-0.1, -0.05) is 29.3 Å². The van der Waals surface area contributed by atoms with Crippen molar-refractivity contribution >= 4 is 40.8 Å². The summed E-state index contributed by atoms with van der Waals surface area (Å²) >= 11 is 11.4. The van der Waals surface area contributed by atoms with Crippen LogP contribution in [0.15, 0.2) is 41.5 Å². The zero-order valence-corrected chi connectivity index (χ0v) is 15.2. The Morgan fingerprint density at radius 3 is 2.38 bits per heavy atom. The first-order valence-electron chi connectivity index (χ1n) is 7.11. The second kappa shape index (κ2) is 8.52. The van der Waals surface area contributed by atoms with E-state index in [4.69, 9.17) is 33.3 Å². The van der Waals surface area contributed by atoms with E-state index in [1.54, 1.807) is 32.6 Å². The maximum atomic E-state index is 6.19. The van der Waals surface area contributed by atoms with E-state index >= 15 is 0 Å². The molecule has 0 aromatic heterocycles. The fourth-order valence-electron chi connectivity index (χ4n) is 1.93. The van der Waals surface area contributed by atoms with Gasteiger partial charge in [0.15, 0.2) is 16.6 Å². The molecule has 0 aliphatic carbocycles. The molecule has 0 aliphatic heterocycles. The highest BCUT2D eigenvalue weighted by Crippen LogP contribution is 2.32. The van der Waals surface area contributed by atoms with Crippen molar-refractivity contribution in [1.29, 1.82) is 0 Å². The fraction of sp³-hybridized carbons (Fsp3) is 0.176. The number of hydrazone groups is 1. The number of thiocarbonyl (C=S) groups is 1. The Morgan fingerprint density at radius 2 is 1.75 bits per heavy atom. The van der Waals surface area contributed by atoms with Gasteiger partial charge < -0.3 is 14.8 Å². The minimum absolute atomic E-state index is 0.381. The van der Waals surface area contributed by atoms with E-state index in [0.717, 1.165) is 5.69 Å². The lowest BCUT2D eigenvalue weighted by Gasteiger charge is -2.10. The first-order chi connectivity index (χ1) is 11.5. The topological polar surface area (TPSA) is 54.9 Å². The van der Waals surface area contributed by atoms with Gasteiger partial charge in [0, 0.05) is 17.3 Å². The number of anilines is 1. The quantitative estimate of drug-likeness (QED) is 0.478. The van der Waals surface area contributed by atoms with Crippen LogP contribution < -0.4 is 20.2 Å². The lowest BCUT2D eigenvalue weighted by molar-refractivity contribution is 0.355. The van der Waals surface area contributed by atoms with E-state index in [2.05, 4.69) is 15.8 Å². The van der Waals surface area contributed by atoms with Crippen molar-refractivity contribution in [3.8, 4) is 11.5 Å². The predicted octanol–water partition coefficient (Wildman–Crippen LogP) is 3.99. The van der Waals surface area contributed by atoms with E-state index in [-0.39, 0.29) is 0 Å². The zero-order valence-electron chi connectivity index (χ0n) is 13.6. The lowest BCUT2D eigenvalue weighted by Crippen LogP contribution is -2.23. The highest BCUT2D eigenvalue weighted by Gasteiger charge is 2.08. The van der Waals surface area contributed by atoms with Crippen LogP contribution in [0.25, 0.3) is 0 Å². The maximum absolute atomic E-state index is 6.19. The highest BCUT2D eigenvalue weighted by atomic mass is 35.5. The monoisotopic (exact) mass is 363 g/mol. The molecule has 2 aromatic carbocycles. The van der Waals surface area contributed by atoms with Gasteiger partial charge in [-0.25, -0.2) is 0 Å². The number of methoxy groups -OCH3 is 2. The van der Waals surface area contributed by atoms with Gasteiger partial charge in [-0.3, -0.25) is 5.43 Å². The minimum atomic E-state index is 0.381. The summed E-state index contributed by atoms with van der Waals surface area (Å²) in [7, 11) is 3.12. The van der Waals surface area contributed by atoms with E-state index in [9.17, 15) is 0 Å². The summed E-state index contributed by atoms with van der Waals surface area (Å²) in [4.78, 5) is 0. The first kappa shape index (κ1) is 18.0. The van der Waals surface area contributed by atoms with Crippen LogP contribution >= 0.6 is 23.8 Å². The molecule has 7 heteroatoms. The fourth-order valence-corrected chi connectivity index (χ4v) is 2.30. The molecule has 0 amide bonds. The number of nitrogens with zero attached hydrogens (tertiary/aromatic N) is 1. The van der Waals surface area contributed by atoms with Crippen LogP contribution in [-0.2, 0) is 0 Å². The van der Waals surface area contributed by atoms with Gasteiger partial charge in [0.2, 0.25) is 0 Å². The number of nitrogens with one attached hydrogen (secondary N) is 2. The number of benzene rings is 2. The number of halogens is 1. The Labute approximate surface area is 151 Å². The second-order valence-corrected chi connectivity index (χ2v) is 5.73. The SMILES string of the molecule is COc1cc(Cl)c(/C=N/NC(=S)Nc2ccc(C)cc2)cc1OC. The molecule has 24 heavy (non-hydrogen) atoms. The second-order valence-electron chi connectivity index (χ2n) is 4.92. The summed E-state index contributed by atoms with van der Waals surface area (Å²) in [6, 6.07) is 11.3. The predicted molar refractivity (Wildman–Crippen MR) is 103 cm³/mol. The summed E-state index contributed by atoms with van der Waals surface area (Å²) in [5, 5.41) is 8.00. The van der Waals surface area contributed by atoms with E-state index in [1.807, 2.05) is 31.2 Å². The van der Waals surface area contributed by atoms with Crippen LogP contribution in [0.1, 0.15) is 11.1 Å². The summed E-state index contributed by atoms with van der Waals surface area (Å²) in [6.07, 6.45) is 1.56. The van der Waals surface area contributed by atoms with Crippen molar-refractivity contribution in [3.63, 3.8) is 0 Å². The molecule has 0 aliphatic rings. The van der Waals surface area contributed by atoms with Gasteiger partial charge in [0.25, 0.3) is 0 Å². The van der Waals surface area contributed by atoms with Gasteiger partial charge in [-0.05, 0) is 37.3 Å². The molecule has 2 N–H and O–H groups in total. The molecule has 0 fully saturated rings. The summed E-state index contributed by atoms with van der Waals surface area (Å²) in [6.45, 7) is 2.03. The van der Waals surface area contributed by atoms with Crippen LogP contribution in [-0.4, -0.2) is 25.5 Å². The van der Waals surface area contributed by atoms with Crippen molar-refractivity contribution in [2.75, 3.05) is 19.5 Å². The number of aryl methyl sites for hydroxylation is 1. The van der Waals surface area contributed by atoms with Gasteiger partial charge >= 0.3 is 0 Å². The van der Waals surface area contributed by atoms with E-state index in [0.29, 0.717) is 27.2 Å². The van der Waals surface area contributed by atoms with Gasteiger partial charge in [-0.2, -0.15) is 5.10 Å². The lowest BCUT2D eigenvalue weighted by atomic mass is 10.2. The van der Waals surface area contributed by atoms with Crippen molar-refractivity contribution in [2.24, 2.45) is 5.10 Å². The van der Waals surface area contributed by atoms with E-state index < -0.39 is 0 Å². The number of hydrogen-bond acceptors (Lipinski definition) is 4. The molecule has 0 bridgehead atoms. The Balaban J connectivity index is 2.00. The molecule has 126 valence electrons. The molecule has 0 atom stereocenters. The van der Waals surface area contributed by atoms with Crippen LogP contribution in [0, 0.1) is 6.92 Å². The highest BCUT2D eigenvalue weighted by molar-refractivity contribution is 7.80. The zero-order chi connectivity index (χ0) is 17.5. The molecule has 2 aromatic rings. The largest absolute Gasteiger partial charge is 0.493 e. The molecule has 0 heterocycles. The van der Waals surface area contributed by atoms with Crippen LogP contribution in [0.4, 0.5) is 5.69 Å². The van der Waals surface area contributed by atoms with Crippen LogP contribution in [0.3, 0.4) is 0 Å². The van der Waals surface area contributed by atoms with Crippen LogP contribution in [0.2, 0.25) is 5.02 Å². The third-order valence-electron chi connectivity index (χ3n) is 3.18. The number of ether oxygens (including phenoxy) is 2. The molecule has 5 nitrogen and oxygen atoms in total. The number of rotatable bonds is 5. The molecular weight excluding hydrogens is 346 g/mol. The maximum Gasteiger partial charge on any atom is 0.191 e. The van der Waals surface area contributed by atoms with Crippen molar-refractivity contribution in [3.05, 3.63) is 52.5 Å². The van der Waals surface area contributed by atoms with Crippen molar-refractivity contribution in [1.82, 2.24) is 5.43 Å². The molecular formula is C17H18ClN3O2S. The third-order valence-corrected chi connectivity index (χ3v) is 3.70. The Bertz CT molecular complexity index is 748. The van der Waals surface area contributed by atoms with Gasteiger partial charge in [-0.15, -0.1) is 0 Å². The molecule has 0 spiro atoms. The average Bonchev–Trinajstić information content (AvgIpc) is 2.58. The standard InChI is InChI=1S/C17H18ClN3O2S/c1-11-4-6-13(7-5-11)20-17(24)21-19-10-12-8-15(22-2)16(23-3)9-14(12)18/h4-10H,1-3H3,(H2,20,21,24)/b19-10+. The smallest absolute Gasteiger partial charge is 0.191 e. The average molecular weight is 364 g/mol. The van der Waals surface area contributed by atoms with Crippen molar-refractivity contribution in [2.45, 2.75) is 6.92 Å². The van der Waals surface area contributed by atoms with Crippen molar-refractivity contribution < 1.29 is 9.47 Å². The molecule has 2 rings (SSSR count). The molecule has 0 saturated heterocycles. The first-order valence-corrected chi connectivity index (χ1v) is 7.90. The minimum Gasteiger partial charge on any atom is -0.493 e. The summed E-state index contributed by atoms with van der Waals surface area (Å²) in [5.74, 6) is 1.13. The Kier molecular flexibility index (Phi) is 6.40. The number of hydrogen-bond donors (Lipinski definition) is 2. The third kappa shape index (κ3) is 4.84. The Morgan fingerprint density at radius 1 is 1.12 bits per heavy atom. The van der Waals surface area contributed by atoms with Gasteiger partial charge in [0.1, 0.15) is 0 Å². The van der Waals surface area contributed by atoms with Crippen LogP contribution in [0.5, 0.6) is 11.5 Å². The van der Waals surface area contributed by atoms with Gasteiger partial charge in [0.05, 0.1) is 25.5 Å².